The highest BCUT2D eigenvalue weighted by atomic mass is 32.2. The van der Waals surface area contributed by atoms with Gasteiger partial charge in [-0.25, -0.2) is 17.8 Å². The molecule has 0 saturated heterocycles. The molecule has 8 heteroatoms. The molecule has 0 bridgehead atoms. The molecule has 6 nitrogen and oxygen atoms in total. The maximum Gasteiger partial charge on any atom is 0.266 e. The molecular weight excluding hydrogens is 382 g/mol. The van der Waals surface area contributed by atoms with Crippen molar-refractivity contribution < 1.29 is 8.42 Å². The number of nitrogens with zero attached hydrogens (tertiary/aromatic N) is 2. The molecule has 1 N–H and O–H groups in total. The van der Waals surface area contributed by atoms with Gasteiger partial charge in [0.25, 0.3) is 5.56 Å². The molecule has 142 valence electrons. The Morgan fingerprint density at radius 3 is 2.56 bits per heavy atom. The lowest BCUT2D eigenvalue weighted by molar-refractivity contribution is 0.537. The minimum Gasteiger partial charge on any atom is -0.268 e. The number of benzene rings is 1. The summed E-state index contributed by atoms with van der Waals surface area (Å²) in [5.41, 5.74) is 1.43. The lowest BCUT2D eigenvalue weighted by Crippen LogP contribution is -2.27. The zero-order valence-electron chi connectivity index (χ0n) is 15.0. The molecule has 0 aliphatic rings. The third-order valence-electron chi connectivity index (χ3n) is 4.03. The molecule has 2 aromatic heterocycles. The van der Waals surface area contributed by atoms with Crippen molar-refractivity contribution in [3.63, 3.8) is 0 Å². The maximum atomic E-state index is 12.3. The number of sulfonamides is 1. The maximum absolute atomic E-state index is 12.3. The van der Waals surface area contributed by atoms with E-state index in [1.165, 1.54) is 22.1 Å². The van der Waals surface area contributed by atoms with E-state index in [-0.39, 0.29) is 12.1 Å². The van der Waals surface area contributed by atoms with Crippen molar-refractivity contribution in [1.29, 1.82) is 0 Å². The van der Waals surface area contributed by atoms with Crippen LogP contribution < -0.4 is 10.3 Å². The Bertz CT molecular complexity index is 1060. The second-order valence-electron chi connectivity index (χ2n) is 5.97. The first-order valence-corrected chi connectivity index (χ1v) is 11.0. The molecular formula is C19H21N3O3S2. The number of nitrogens with one attached hydrogen (secondary N) is 1. The number of aromatic nitrogens is 2. The smallest absolute Gasteiger partial charge is 0.266 e. The van der Waals surface area contributed by atoms with Crippen LogP contribution in [-0.2, 0) is 23.0 Å². The van der Waals surface area contributed by atoms with Crippen molar-refractivity contribution in [2.45, 2.75) is 30.5 Å². The Morgan fingerprint density at radius 2 is 1.85 bits per heavy atom. The minimum absolute atomic E-state index is 0.205. The average Bonchev–Trinajstić information content (AvgIpc) is 3.17. The van der Waals surface area contributed by atoms with E-state index in [2.05, 4.69) is 9.82 Å². The average molecular weight is 404 g/mol. The van der Waals surface area contributed by atoms with Gasteiger partial charge in [0, 0.05) is 29.6 Å². The number of thiophene rings is 1. The zero-order chi connectivity index (χ0) is 19.3. The summed E-state index contributed by atoms with van der Waals surface area (Å²) >= 11 is 1.28. The van der Waals surface area contributed by atoms with Gasteiger partial charge in [-0.2, -0.15) is 5.10 Å². The van der Waals surface area contributed by atoms with Crippen LogP contribution in [0.5, 0.6) is 0 Å². The Hall–Kier alpha value is -2.29. The molecule has 27 heavy (non-hydrogen) atoms. The van der Waals surface area contributed by atoms with Crippen LogP contribution in [-0.4, -0.2) is 24.7 Å². The quantitative estimate of drug-likeness (QED) is 0.587. The van der Waals surface area contributed by atoms with E-state index in [0.29, 0.717) is 22.9 Å². The molecule has 3 rings (SSSR count). The first kappa shape index (κ1) is 19.5. The molecule has 0 fully saturated rings. The Labute approximate surface area is 162 Å². The predicted molar refractivity (Wildman–Crippen MR) is 107 cm³/mol. The van der Waals surface area contributed by atoms with Crippen LogP contribution in [0, 0.1) is 0 Å². The summed E-state index contributed by atoms with van der Waals surface area (Å²) in [6, 6.07) is 16.2. The van der Waals surface area contributed by atoms with Gasteiger partial charge in [0.05, 0.1) is 5.69 Å². The van der Waals surface area contributed by atoms with Gasteiger partial charge in [0.2, 0.25) is 10.0 Å². The van der Waals surface area contributed by atoms with Crippen LogP contribution in [0.4, 0.5) is 0 Å². The molecule has 0 unspecified atom stereocenters. The first-order chi connectivity index (χ1) is 13.0. The SMILES string of the molecule is CCc1ccc(S(=O)(=O)NCCCn2nc(-c3ccccc3)ccc2=O)s1. The first-order valence-electron chi connectivity index (χ1n) is 8.71. The van der Waals surface area contributed by atoms with Gasteiger partial charge in [0.1, 0.15) is 4.21 Å². The zero-order valence-corrected chi connectivity index (χ0v) is 16.6. The molecule has 1 aromatic carbocycles. The monoisotopic (exact) mass is 403 g/mol. The molecule has 0 aliphatic carbocycles. The summed E-state index contributed by atoms with van der Waals surface area (Å²) in [7, 11) is -3.50. The summed E-state index contributed by atoms with van der Waals surface area (Å²) in [5.74, 6) is 0. The van der Waals surface area contributed by atoms with Crippen LogP contribution in [0.15, 0.2) is 63.6 Å². The fourth-order valence-corrected chi connectivity index (χ4v) is 4.99. The summed E-state index contributed by atoms with van der Waals surface area (Å²) in [4.78, 5) is 13.0. The van der Waals surface area contributed by atoms with E-state index in [9.17, 15) is 13.2 Å². The van der Waals surface area contributed by atoms with E-state index in [0.717, 1.165) is 16.9 Å². The normalized spacial score (nSPS) is 11.6. The van der Waals surface area contributed by atoms with Crippen molar-refractivity contribution in [3.05, 3.63) is 69.8 Å². The third kappa shape index (κ3) is 4.91. The van der Waals surface area contributed by atoms with Gasteiger partial charge in [-0.3, -0.25) is 4.79 Å². The molecule has 2 heterocycles. The molecule has 3 aromatic rings. The number of aryl methyl sites for hydroxylation is 2. The van der Waals surface area contributed by atoms with Crippen molar-refractivity contribution in [3.8, 4) is 11.3 Å². The summed E-state index contributed by atoms with van der Waals surface area (Å²) in [5, 5.41) is 4.38. The van der Waals surface area contributed by atoms with Crippen molar-refractivity contribution in [1.82, 2.24) is 14.5 Å². The van der Waals surface area contributed by atoms with Gasteiger partial charge < -0.3 is 0 Å². The van der Waals surface area contributed by atoms with Crippen molar-refractivity contribution in [2.24, 2.45) is 0 Å². The second kappa shape index (κ2) is 8.60. The molecule has 0 spiro atoms. The van der Waals surface area contributed by atoms with Gasteiger partial charge in [-0.15, -0.1) is 11.3 Å². The molecule has 0 amide bonds. The lowest BCUT2D eigenvalue weighted by Gasteiger charge is -2.08. The van der Waals surface area contributed by atoms with Crippen molar-refractivity contribution >= 4 is 21.4 Å². The number of rotatable bonds is 8. The third-order valence-corrected chi connectivity index (χ3v) is 7.21. The van der Waals surface area contributed by atoms with Crippen LogP contribution in [0.3, 0.4) is 0 Å². The Morgan fingerprint density at radius 1 is 1.07 bits per heavy atom. The summed E-state index contributed by atoms with van der Waals surface area (Å²) < 4.78 is 28.9. The molecule has 0 radical (unpaired) electrons. The van der Waals surface area contributed by atoms with E-state index < -0.39 is 10.0 Å². The highest BCUT2D eigenvalue weighted by Crippen LogP contribution is 2.21. The molecule has 0 aliphatic heterocycles. The summed E-state index contributed by atoms with van der Waals surface area (Å²) in [6.07, 6.45) is 1.28. The molecule has 0 saturated carbocycles. The van der Waals surface area contributed by atoms with E-state index >= 15 is 0 Å². The Balaban J connectivity index is 1.61. The fraction of sp³-hybridized carbons (Fsp3) is 0.263. The number of hydrogen-bond donors (Lipinski definition) is 1. The number of hydrogen-bond acceptors (Lipinski definition) is 5. The van der Waals surface area contributed by atoms with Crippen LogP contribution in [0.1, 0.15) is 18.2 Å². The van der Waals surface area contributed by atoms with Crippen LogP contribution >= 0.6 is 11.3 Å². The van der Waals surface area contributed by atoms with Gasteiger partial charge in [-0.1, -0.05) is 37.3 Å². The predicted octanol–water partition coefficient (Wildman–Crippen LogP) is 2.90. The van der Waals surface area contributed by atoms with E-state index in [1.54, 1.807) is 12.1 Å². The van der Waals surface area contributed by atoms with E-state index in [1.807, 2.05) is 43.3 Å². The summed E-state index contributed by atoms with van der Waals surface area (Å²) in [6.45, 7) is 2.57. The fourth-order valence-electron chi connectivity index (χ4n) is 2.57. The van der Waals surface area contributed by atoms with Gasteiger partial charge >= 0.3 is 0 Å². The topological polar surface area (TPSA) is 81.1 Å². The largest absolute Gasteiger partial charge is 0.268 e. The highest BCUT2D eigenvalue weighted by Gasteiger charge is 2.15. The van der Waals surface area contributed by atoms with E-state index in [4.69, 9.17) is 0 Å². The second-order valence-corrected chi connectivity index (χ2v) is 9.13. The standard InChI is InChI=1S/C19H21N3O3S2/c1-2-16-9-12-19(26-16)27(24,25)20-13-6-14-22-18(23)11-10-17(21-22)15-7-4-3-5-8-15/h3-5,7-12,20H,2,6,13-14H2,1H3. The Kier molecular flexibility index (Phi) is 6.20. The highest BCUT2D eigenvalue weighted by molar-refractivity contribution is 7.91. The van der Waals surface area contributed by atoms with Crippen LogP contribution in [0.25, 0.3) is 11.3 Å². The van der Waals surface area contributed by atoms with Gasteiger partial charge in [-0.05, 0) is 31.0 Å². The minimum atomic E-state index is -3.50. The lowest BCUT2D eigenvalue weighted by atomic mass is 10.1. The molecule has 0 atom stereocenters. The van der Waals surface area contributed by atoms with Crippen molar-refractivity contribution in [2.75, 3.05) is 6.54 Å². The van der Waals surface area contributed by atoms with Gasteiger partial charge in [0.15, 0.2) is 0 Å². The van der Waals surface area contributed by atoms with Crippen LogP contribution in [0.2, 0.25) is 0 Å².